The first-order valence-corrected chi connectivity index (χ1v) is 8.22. The third kappa shape index (κ3) is 4.78. The highest BCUT2D eigenvalue weighted by atomic mass is 32.2. The van der Waals surface area contributed by atoms with Crippen molar-refractivity contribution in [1.82, 2.24) is 5.32 Å². The van der Waals surface area contributed by atoms with Crippen molar-refractivity contribution in [3.05, 3.63) is 24.3 Å². The van der Waals surface area contributed by atoms with Gasteiger partial charge in [0.1, 0.15) is 0 Å². The van der Waals surface area contributed by atoms with Crippen LogP contribution in [0.1, 0.15) is 38.5 Å². The Balaban J connectivity index is 1.85. The van der Waals surface area contributed by atoms with E-state index in [4.69, 9.17) is 0 Å². The van der Waals surface area contributed by atoms with Crippen molar-refractivity contribution in [2.24, 2.45) is 0 Å². The van der Waals surface area contributed by atoms with Crippen LogP contribution < -0.4 is 10.6 Å². The molecule has 1 aliphatic rings. The summed E-state index contributed by atoms with van der Waals surface area (Å²) in [6, 6.07) is 8.19. The summed E-state index contributed by atoms with van der Waals surface area (Å²) >= 11 is 1.68. The Kier molecular flexibility index (Phi) is 5.58. The molecule has 0 spiro atoms. The maximum Gasteiger partial charge on any atom is 0.319 e. The second kappa shape index (κ2) is 7.43. The van der Waals surface area contributed by atoms with Gasteiger partial charge in [-0.2, -0.15) is 0 Å². The van der Waals surface area contributed by atoms with E-state index in [-0.39, 0.29) is 6.03 Å². The molecule has 0 radical (unpaired) electrons. The van der Waals surface area contributed by atoms with Gasteiger partial charge < -0.3 is 10.6 Å². The van der Waals surface area contributed by atoms with Gasteiger partial charge in [-0.1, -0.05) is 31.7 Å². The molecule has 0 bridgehead atoms. The zero-order chi connectivity index (χ0) is 13.5. The van der Waals surface area contributed by atoms with Crippen molar-refractivity contribution in [2.75, 3.05) is 11.6 Å². The molecule has 104 valence electrons. The molecule has 1 fully saturated rings. The SMILES string of the molecule is CSc1cccc(NC(=O)NC2CCCCCC2)c1. The Morgan fingerprint density at radius 1 is 1.21 bits per heavy atom. The summed E-state index contributed by atoms with van der Waals surface area (Å²) in [5.41, 5.74) is 0.859. The van der Waals surface area contributed by atoms with Crippen LogP contribution in [0.4, 0.5) is 10.5 Å². The smallest absolute Gasteiger partial charge is 0.319 e. The Morgan fingerprint density at radius 3 is 2.63 bits per heavy atom. The van der Waals surface area contributed by atoms with Crippen LogP contribution in [0, 0.1) is 0 Å². The summed E-state index contributed by atoms with van der Waals surface area (Å²) in [5.74, 6) is 0. The van der Waals surface area contributed by atoms with Gasteiger partial charge in [0.2, 0.25) is 0 Å². The van der Waals surface area contributed by atoms with Gasteiger partial charge in [0.15, 0.2) is 0 Å². The van der Waals surface area contributed by atoms with Crippen molar-refractivity contribution in [2.45, 2.75) is 49.5 Å². The number of carbonyl (C=O) groups is 1. The van der Waals surface area contributed by atoms with Crippen molar-refractivity contribution in [1.29, 1.82) is 0 Å². The molecule has 1 aromatic carbocycles. The van der Waals surface area contributed by atoms with Gasteiger partial charge >= 0.3 is 6.03 Å². The Bertz CT molecular complexity index is 414. The highest BCUT2D eigenvalue weighted by molar-refractivity contribution is 7.98. The number of amides is 2. The normalized spacial score (nSPS) is 16.7. The number of hydrogen-bond donors (Lipinski definition) is 2. The molecule has 1 aliphatic carbocycles. The third-order valence-corrected chi connectivity index (χ3v) is 4.24. The highest BCUT2D eigenvalue weighted by Crippen LogP contribution is 2.20. The molecule has 2 N–H and O–H groups in total. The molecule has 0 atom stereocenters. The Labute approximate surface area is 119 Å². The average molecular weight is 278 g/mol. The fraction of sp³-hybridized carbons (Fsp3) is 0.533. The molecule has 1 saturated carbocycles. The van der Waals surface area contributed by atoms with Gasteiger partial charge in [-0.25, -0.2) is 4.79 Å². The van der Waals surface area contributed by atoms with Gasteiger partial charge in [-0.3, -0.25) is 0 Å². The quantitative estimate of drug-likeness (QED) is 0.641. The van der Waals surface area contributed by atoms with Crippen LogP contribution in [0.3, 0.4) is 0 Å². The van der Waals surface area contributed by atoms with E-state index < -0.39 is 0 Å². The van der Waals surface area contributed by atoms with E-state index in [1.165, 1.54) is 25.7 Å². The lowest BCUT2D eigenvalue weighted by atomic mass is 10.1. The van der Waals surface area contributed by atoms with E-state index in [0.717, 1.165) is 23.4 Å². The minimum Gasteiger partial charge on any atom is -0.335 e. The molecule has 0 saturated heterocycles. The van der Waals surface area contributed by atoms with Gasteiger partial charge in [0, 0.05) is 16.6 Å². The summed E-state index contributed by atoms with van der Waals surface area (Å²) < 4.78 is 0. The first kappa shape index (κ1) is 14.3. The van der Waals surface area contributed by atoms with E-state index in [9.17, 15) is 4.79 Å². The summed E-state index contributed by atoms with van der Waals surface area (Å²) in [6.45, 7) is 0. The predicted octanol–water partition coefficient (Wildman–Crippen LogP) is 4.25. The van der Waals surface area contributed by atoms with E-state index in [1.54, 1.807) is 11.8 Å². The molecule has 0 unspecified atom stereocenters. The molecule has 3 nitrogen and oxygen atoms in total. The van der Waals surface area contributed by atoms with Crippen molar-refractivity contribution < 1.29 is 4.79 Å². The number of rotatable bonds is 3. The molecule has 0 aliphatic heterocycles. The Morgan fingerprint density at radius 2 is 1.95 bits per heavy atom. The third-order valence-electron chi connectivity index (χ3n) is 3.52. The van der Waals surface area contributed by atoms with Crippen LogP contribution in [-0.2, 0) is 0 Å². The molecule has 1 aromatic rings. The standard InChI is InChI=1S/C15H22N2OS/c1-19-14-10-6-9-13(11-14)17-15(18)16-12-7-4-2-3-5-8-12/h6,9-12H,2-5,7-8H2,1H3,(H2,16,17,18). The number of nitrogens with one attached hydrogen (secondary N) is 2. The van der Waals surface area contributed by atoms with Gasteiger partial charge in [-0.05, 0) is 37.3 Å². The summed E-state index contributed by atoms with van der Waals surface area (Å²) in [4.78, 5) is 13.1. The topological polar surface area (TPSA) is 41.1 Å². The van der Waals surface area contributed by atoms with Crippen LogP contribution in [0.15, 0.2) is 29.2 Å². The van der Waals surface area contributed by atoms with Gasteiger partial charge in [-0.15, -0.1) is 11.8 Å². The number of urea groups is 1. The van der Waals surface area contributed by atoms with E-state index in [1.807, 2.05) is 30.5 Å². The molecule has 2 amide bonds. The van der Waals surface area contributed by atoms with Crippen LogP contribution in [0.25, 0.3) is 0 Å². The molecule has 0 aromatic heterocycles. The minimum absolute atomic E-state index is 0.0786. The molecule has 19 heavy (non-hydrogen) atoms. The van der Waals surface area contributed by atoms with Gasteiger partial charge in [0.25, 0.3) is 0 Å². The zero-order valence-electron chi connectivity index (χ0n) is 11.4. The van der Waals surface area contributed by atoms with Crippen LogP contribution in [0.5, 0.6) is 0 Å². The summed E-state index contributed by atoms with van der Waals surface area (Å²) in [6.07, 6.45) is 9.31. The largest absolute Gasteiger partial charge is 0.335 e. The minimum atomic E-state index is -0.0786. The highest BCUT2D eigenvalue weighted by Gasteiger charge is 2.14. The van der Waals surface area contributed by atoms with Crippen molar-refractivity contribution in [3.63, 3.8) is 0 Å². The zero-order valence-corrected chi connectivity index (χ0v) is 12.3. The molecule has 2 rings (SSSR count). The van der Waals surface area contributed by atoms with Gasteiger partial charge in [0.05, 0.1) is 0 Å². The van der Waals surface area contributed by atoms with E-state index in [0.29, 0.717) is 6.04 Å². The van der Waals surface area contributed by atoms with E-state index in [2.05, 4.69) is 10.6 Å². The summed E-state index contributed by atoms with van der Waals surface area (Å²) in [7, 11) is 0. The molecular weight excluding hydrogens is 256 g/mol. The van der Waals surface area contributed by atoms with Crippen LogP contribution in [-0.4, -0.2) is 18.3 Å². The lowest BCUT2D eigenvalue weighted by Crippen LogP contribution is -2.37. The summed E-state index contributed by atoms with van der Waals surface area (Å²) in [5, 5.41) is 6.01. The monoisotopic (exact) mass is 278 g/mol. The van der Waals surface area contributed by atoms with Crippen LogP contribution in [0.2, 0.25) is 0 Å². The maximum atomic E-state index is 12.0. The molecular formula is C15H22N2OS. The fourth-order valence-electron chi connectivity index (χ4n) is 2.48. The van der Waals surface area contributed by atoms with Crippen LogP contribution >= 0.6 is 11.8 Å². The van der Waals surface area contributed by atoms with E-state index >= 15 is 0 Å². The fourth-order valence-corrected chi connectivity index (χ4v) is 2.94. The van der Waals surface area contributed by atoms with Crippen molar-refractivity contribution >= 4 is 23.5 Å². The second-order valence-corrected chi connectivity index (χ2v) is 5.90. The number of carbonyl (C=O) groups excluding carboxylic acids is 1. The number of hydrogen-bond acceptors (Lipinski definition) is 2. The lowest BCUT2D eigenvalue weighted by Gasteiger charge is -2.16. The predicted molar refractivity (Wildman–Crippen MR) is 81.9 cm³/mol. The number of thioether (sulfide) groups is 1. The Hall–Kier alpha value is -1.16. The lowest BCUT2D eigenvalue weighted by molar-refractivity contribution is 0.247. The molecule has 4 heteroatoms. The maximum absolute atomic E-state index is 12.0. The molecule has 0 heterocycles. The first-order chi connectivity index (χ1) is 9.28. The average Bonchev–Trinajstić information content (AvgIpc) is 2.67. The number of anilines is 1. The second-order valence-electron chi connectivity index (χ2n) is 5.02. The van der Waals surface area contributed by atoms with Crippen molar-refractivity contribution in [3.8, 4) is 0 Å². The first-order valence-electron chi connectivity index (χ1n) is 6.99. The number of benzene rings is 1.